The number of anilines is 1. The number of aromatic nitrogens is 8. The number of carbonyl (C=O) groups is 3. The van der Waals surface area contributed by atoms with Crippen molar-refractivity contribution in [1.29, 1.82) is 0 Å². The van der Waals surface area contributed by atoms with Gasteiger partial charge in [0.2, 0.25) is 29.5 Å². The normalized spacial score (nSPS) is 19.9. The average Bonchev–Trinajstić information content (AvgIpc) is 3.81. The summed E-state index contributed by atoms with van der Waals surface area (Å²) in [5, 5.41) is 17.4. The summed E-state index contributed by atoms with van der Waals surface area (Å²) in [5.41, 5.74) is 2.94. The number of H-pyrrole nitrogens is 1. The molecule has 49 heavy (non-hydrogen) atoms. The number of rotatable bonds is 10. The number of aryl methyl sites for hydroxylation is 1. The van der Waals surface area contributed by atoms with Crippen LogP contribution in [-0.2, 0) is 20.9 Å². The summed E-state index contributed by atoms with van der Waals surface area (Å²) < 4.78 is 10.9. The standard InChI is InChI=1S/C33H39N11O5/c1-19(2)49-31-29(21-15-35-36-16-21)34-17-26-38-32(40-44(26)31)37-22-12-14-41(18-20(22)3)28(46)9-6-13-42-23-7-4-5-8-24(23)43(33(42)48)25-10-11-27(45)39-30(25)47/h4-5,7-8,15-17,19-20,22,25H,6,9-14,18H2,1-3H3,(H,35,36)(H,37,40)(H,39,45,47)/t20-,22+,25?/m1/s1. The van der Waals surface area contributed by atoms with E-state index in [0.717, 1.165) is 12.0 Å². The second-order valence-electron chi connectivity index (χ2n) is 13.0. The van der Waals surface area contributed by atoms with E-state index in [1.165, 1.54) is 4.57 Å². The highest BCUT2D eigenvalue weighted by atomic mass is 16.5. The molecule has 7 rings (SSSR count). The number of para-hydroxylation sites is 2. The summed E-state index contributed by atoms with van der Waals surface area (Å²) in [6.07, 6.45) is 6.88. The third-order valence-electron chi connectivity index (χ3n) is 9.19. The molecular weight excluding hydrogens is 630 g/mol. The number of nitrogens with zero attached hydrogens (tertiary/aromatic N) is 8. The van der Waals surface area contributed by atoms with Crippen molar-refractivity contribution in [3.63, 3.8) is 0 Å². The molecule has 16 nitrogen and oxygen atoms in total. The van der Waals surface area contributed by atoms with Crippen molar-refractivity contribution in [3.8, 4) is 17.1 Å². The summed E-state index contributed by atoms with van der Waals surface area (Å²) in [6, 6.07) is 6.60. The molecule has 3 N–H and O–H groups in total. The third-order valence-corrected chi connectivity index (χ3v) is 9.19. The highest BCUT2D eigenvalue weighted by Gasteiger charge is 2.32. The number of nitrogens with one attached hydrogen (secondary N) is 3. The largest absolute Gasteiger partial charge is 0.473 e. The maximum absolute atomic E-state index is 13.5. The molecule has 16 heteroatoms. The molecule has 3 amide bonds. The van der Waals surface area contributed by atoms with Gasteiger partial charge in [-0.3, -0.25) is 33.9 Å². The number of fused-ring (bicyclic) bond motifs is 2. The van der Waals surface area contributed by atoms with Gasteiger partial charge in [0.25, 0.3) is 0 Å². The Morgan fingerprint density at radius 2 is 1.94 bits per heavy atom. The lowest BCUT2D eigenvalue weighted by atomic mass is 9.93. The quantitative estimate of drug-likeness (QED) is 0.187. The van der Waals surface area contributed by atoms with E-state index in [4.69, 9.17) is 9.84 Å². The van der Waals surface area contributed by atoms with Crippen molar-refractivity contribution >= 4 is 40.4 Å². The van der Waals surface area contributed by atoms with E-state index >= 15 is 0 Å². The van der Waals surface area contributed by atoms with E-state index < -0.39 is 11.9 Å². The van der Waals surface area contributed by atoms with Gasteiger partial charge >= 0.3 is 5.69 Å². The van der Waals surface area contributed by atoms with Crippen LogP contribution >= 0.6 is 0 Å². The van der Waals surface area contributed by atoms with Crippen LogP contribution in [0.25, 0.3) is 27.9 Å². The van der Waals surface area contributed by atoms with Crippen molar-refractivity contribution in [2.75, 3.05) is 18.4 Å². The Balaban J connectivity index is 0.983. The first kappa shape index (κ1) is 32.0. The minimum absolute atomic E-state index is 0.0337. The van der Waals surface area contributed by atoms with Gasteiger partial charge in [0.15, 0.2) is 5.65 Å². The molecule has 2 aliphatic rings. The van der Waals surface area contributed by atoms with Crippen molar-refractivity contribution < 1.29 is 19.1 Å². The van der Waals surface area contributed by atoms with Crippen LogP contribution in [0.3, 0.4) is 0 Å². The van der Waals surface area contributed by atoms with Gasteiger partial charge in [-0.2, -0.15) is 14.6 Å². The Hall–Kier alpha value is -5.54. The molecule has 3 atom stereocenters. The molecule has 0 spiro atoms. The van der Waals surface area contributed by atoms with E-state index in [2.05, 4.69) is 37.7 Å². The fourth-order valence-electron chi connectivity index (χ4n) is 6.78. The zero-order valence-electron chi connectivity index (χ0n) is 27.6. The first-order valence-corrected chi connectivity index (χ1v) is 16.7. The van der Waals surface area contributed by atoms with Gasteiger partial charge in [0.1, 0.15) is 11.7 Å². The number of imidazole rings is 1. The topological polar surface area (TPSA) is 186 Å². The first-order chi connectivity index (χ1) is 23.7. The minimum Gasteiger partial charge on any atom is -0.473 e. The smallest absolute Gasteiger partial charge is 0.329 e. The van der Waals surface area contributed by atoms with Gasteiger partial charge in [-0.25, -0.2) is 9.78 Å². The van der Waals surface area contributed by atoms with E-state index in [9.17, 15) is 19.2 Å². The summed E-state index contributed by atoms with van der Waals surface area (Å²) >= 11 is 0. The van der Waals surface area contributed by atoms with E-state index in [-0.39, 0.29) is 54.8 Å². The lowest BCUT2D eigenvalue weighted by molar-refractivity contribution is -0.136. The number of amides is 3. The van der Waals surface area contributed by atoms with Crippen molar-refractivity contribution in [1.82, 2.24) is 49.1 Å². The fraction of sp³-hybridized carbons (Fsp3) is 0.455. The lowest BCUT2D eigenvalue weighted by Crippen LogP contribution is -2.47. The molecule has 256 valence electrons. The van der Waals surface area contributed by atoms with Crippen molar-refractivity contribution in [2.24, 2.45) is 5.92 Å². The number of benzene rings is 1. The fourth-order valence-corrected chi connectivity index (χ4v) is 6.78. The molecule has 4 aromatic heterocycles. The number of aromatic amines is 1. The van der Waals surface area contributed by atoms with E-state index in [1.807, 2.05) is 36.9 Å². The highest BCUT2D eigenvalue weighted by Crippen LogP contribution is 2.30. The first-order valence-electron chi connectivity index (χ1n) is 16.7. The van der Waals surface area contributed by atoms with Gasteiger partial charge in [0, 0.05) is 50.3 Å². The Kier molecular flexibility index (Phi) is 8.60. The number of likely N-dealkylation sites (tertiary alicyclic amines) is 1. The zero-order chi connectivity index (χ0) is 34.2. The average molecular weight is 670 g/mol. The van der Waals surface area contributed by atoms with Gasteiger partial charge in [-0.1, -0.05) is 19.1 Å². The van der Waals surface area contributed by atoms with Gasteiger partial charge in [-0.05, 0) is 51.2 Å². The Morgan fingerprint density at radius 1 is 1.12 bits per heavy atom. The summed E-state index contributed by atoms with van der Waals surface area (Å²) in [4.78, 5) is 62.3. The maximum Gasteiger partial charge on any atom is 0.329 e. The Bertz CT molecular complexity index is 2080. The second-order valence-corrected chi connectivity index (χ2v) is 13.0. The second kappa shape index (κ2) is 13.2. The molecule has 2 fully saturated rings. The number of piperidine rings is 2. The third kappa shape index (κ3) is 6.25. The summed E-state index contributed by atoms with van der Waals surface area (Å²) in [7, 11) is 0. The molecule has 0 aliphatic carbocycles. The van der Waals surface area contributed by atoms with Crippen molar-refractivity contribution in [3.05, 3.63) is 53.3 Å². The predicted octanol–water partition coefficient (Wildman–Crippen LogP) is 2.53. The molecular formula is C33H39N11O5. The molecule has 6 heterocycles. The number of carbonyl (C=O) groups excluding carboxylic acids is 3. The van der Waals surface area contributed by atoms with Gasteiger partial charge in [-0.15, -0.1) is 5.10 Å². The van der Waals surface area contributed by atoms with Gasteiger partial charge < -0.3 is 15.0 Å². The van der Waals surface area contributed by atoms with Crippen LogP contribution in [0, 0.1) is 5.92 Å². The van der Waals surface area contributed by atoms with Crippen LogP contribution in [0.2, 0.25) is 0 Å². The lowest BCUT2D eigenvalue weighted by Gasteiger charge is -2.37. The molecule has 2 aliphatic heterocycles. The van der Waals surface area contributed by atoms with E-state index in [1.54, 1.807) is 33.7 Å². The molecule has 1 aromatic carbocycles. The van der Waals surface area contributed by atoms with Crippen LogP contribution in [-0.4, -0.2) is 86.8 Å². The monoisotopic (exact) mass is 669 g/mol. The van der Waals surface area contributed by atoms with Crippen LogP contribution in [0.15, 0.2) is 47.7 Å². The van der Waals surface area contributed by atoms with Crippen molar-refractivity contribution in [2.45, 2.75) is 77.6 Å². The van der Waals surface area contributed by atoms with Crippen LogP contribution < -0.4 is 21.1 Å². The van der Waals surface area contributed by atoms with Crippen LogP contribution in [0.5, 0.6) is 5.88 Å². The summed E-state index contributed by atoms with van der Waals surface area (Å²) in [5.74, 6) is 0.294. The zero-order valence-corrected chi connectivity index (χ0v) is 27.6. The maximum atomic E-state index is 13.5. The minimum atomic E-state index is -0.753. The molecule has 1 unspecified atom stereocenters. The molecule has 0 saturated carbocycles. The Labute approximate surface area is 280 Å². The SMILES string of the molecule is CC(C)Oc1c(-c2cn[nH]c2)ncc2nc(N[C@H]3CCN(C(=O)CCCn4c(=O)n(C5CCC(=O)NC5=O)c5ccccc54)C[C@H]3C)nn12. The number of ether oxygens (including phenoxy) is 1. The predicted molar refractivity (Wildman–Crippen MR) is 179 cm³/mol. The molecule has 0 bridgehead atoms. The van der Waals surface area contributed by atoms with Crippen LogP contribution in [0.1, 0.15) is 58.9 Å². The molecule has 2 saturated heterocycles. The van der Waals surface area contributed by atoms with Crippen LogP contribution in [0.4, 0.5) is 5.95 Å². The van der Waals surface area contributed by atoms with E-state index in [0.29, 0.717) is 60.3 Å². The number of imide groups is 1. The number of hydrogen-bond donors (Lipinski definition) is 3. The molecule has 5 aromatic rings. The molecule has 0 radical (unpaired) electrons. The summed E-state index contributed by atoms with van der Waals surface area (Å²) in [6.45, 7) is 7.46. The van der Waals surface area contributed by atoms with Gasteiger partial charge in [0.05, 0.1) is 29.5 Å². The number of hydrogen-bond acceptors (Lipinski definition) is 10. The highest BCUT2D eigenvalue weighted by molar-refractivity contribution is 6.00. The Morgan fingerprint density at radius 3 is 2.67 bits per heavy atom.